The normalized spacial score (nSPS) is 25.4. The Morgan fingerprint density at radius 2 is 2.25 bits per heavy atom. The van der Waals surface area contributed by atoms with Gasteiger partial charge in [-0.1, -0.05) is 24.3 Å². The molecule has 0 saturated carbocycles. The highest BCUT2D eigenvalue weighted by Gasteiger charge is 2.45. The molecule has 0 amide bonds. The molecular formula is C13H13O6S-. The number of benzene rings is 1. The molecular weight excluding hydrogens is 284 g/mol. The summed E-state index contributed by atoms with van der Waals surface area (Å²) in [5.74, 6) is -1.55. The van der Waals surface area contributed by atoms with Gasteiger partial charge < -0.3 is 24.5 Å². The van der Waals surface area contributed by atoms with Gasteiger partial charge in [0.2, 0.25) is 6.29 Å². The highest BCUT2D eigenvalue weighted by Crippen LogP contribution is 2.46. The maximum Gasteiger partial charge on any atom is 0.304 e. The molecule has 6 nitrogen and oxygen atoms in total. The monoisotopic (exact) mass is 297 g/mol. The van der Waals surface area contributed by atoms with Crippen molar-refractivity contribution in [2.45, 2.75) is 18.1 Å². The van der Waals surface area contributed by atoms with Crippen LogP contribution in [0.3, 0.4) is 0 Å². The van der Waals surface area contributed by atoms with Crippen molar-refractivity contribution in [2.75, 3.05) is 12.4 Å². The molecule has 1 heterocycles. The highest BCUT2D eigenvalue weighted by atomic mass is 32.2. The van der Waals surface area contributed by atoms with Crippen LogP contribution >= 0.6 is 11.8 Å². The number of carboxylic acid groups (broad SMARTS) is 1. The second-order valence-electron chi connectivity index (χ2n) is 4.21. The van der Waals surface area contributed by atoms with Gasteiger partial charge in [0.15, 0.2) is 4.93 Å². The Morgan fingerprint density at radius 3 is 2.85 bits per heavy atom. The van der Waals surface area contributed by atoms with Crippen LogP contribution < -0.4 is 5.11 Å². The summed E-state index contributed by atoms with van der Waals surface area (Å²) in [7, 11) is 0. The molecule has 1 aliphatic rings. The van der Waals surface area contributed by atoms with Gasteiger partial charge in [0.25, 0.3) is 0 Å². The van der Waals surface area contributed by atoms with E-state index in [9.17, 15) is 19.8 Å². The van der Waals surface area contributed by atoms with Crippen LogP contribution in [-0.2, 0) is 19.2 Å². The Hall–Kier alpha value is -1.57. The first-order valence-electron chi connectivity index (χ1n) is 5.89. The number of hydrogen-bond acceptors (Lipinski definition) is 7. The van der Waals surface area contributed by atoms with Gasteiger partial charge in [-0.25, -0.2) is 0 Å². The number of aromatic carboxylic acids is 1. The van der Waals surface area contributed by atoms with E-state index in [0.717, 1.165) is 0 Å². The number of hydrogen-bond donors (Lipinski definition) is 1. The van der Waals surface area contributed by atoms with E-state index < -0.39 is 29.8 Å². The number of aliphatic hydroxyl groups is 1. The van der Waals surface area contributed by atoms with Gasteiger partial charge in [-0.2, -0.15) is 0 Å². The van der Waals surface area contributed by atoms with Crippen molar-refractivity contribution in [1.29, 1.82) is 0 Å². The molecule has 20 heavy (non-hydrogen) atoms. The maximum absolute atomic E-state index is 11.2. The first-order chi connectivity index (χ1) is 9.48. The zero-order chi connectivity index (χ0) is 14.8. The summed E-state index contributed by atoms with van der Waals surface area (Å²) < 4.78 is 10.5. The van der Waals surface area contributed by atoms with Gasteiger partial charge in [-0.15, -0.1) is 11.8 Å². The minimum atomic E-state index is -1.35. The van der Waals surface area contributed by atoms with Crippen LogP contribution in [0.1, 0.15) is 22.8 Å². The quantitative estimate of drug-likeness (QED) is 0.772. The molecule has 0 spiro atoms. The zero-order valence-electron chi connectivity index (χ0n) is 10.7. The lowest BCUT2D eigenvalue weighted by Gasteiger charge is -2.28. The van der Waals surface area contributed by atoms with E-state index in [-0.39, 0.29) is 5.56 Å². The van der Waals surface area contributed by atoms with Crippen molar-refractivity contribution in [3.05, 3.63) is 35.4 Å². The van der Waals surface area contributed by atoms with Crippen LogP contribution in [0.2, 0.25) is 0 Å². The first-order valence-corrected chi connectivity index (χ1v) is 6.88. The van der Waals surface area contributed by atoms with E-state index in [1.807, 2.05) is 0 Å². The maximum atomic E-state index is 11.2. The Kier molecular flexibility index (Phi) is 4.32. The van der Waals surface area contributed by atoms with Crippen molar-refractivity contribution in [3.8, 4) is 0 Å². The van der Waals surface area contributed by atoms with Crippen molar-refractivity contribution < 1.29 is 29.3 Å². The zero-order valence-corrected chi connectivity index (χ0v) is 11.5. The lowest BCUT2D eigenvalue weighted by atomic mass is 10.0. The van der Waals surface area contributed by atoms with Crippen LogP contribution in [0, 0.1) is 0 Å². The van der Waals surface area contributed by atoms with Gasteiger partial charge in [-0.3, -0.25) is 4.79 Å². The molecule has 1 N–H and O–H groups in total. The van der Waals surface area contributed by atoms with Crippen LogP contribution in [0.5, 0.6) is 0 Å². The average molecular weight is 297 g/mol. The molecule has 0 bridgehead atoms. The fourth-order valence-corrected chi connectivity index (χ4v) is 3.17. The van der Waals surface area contributed by atoms with E-state index in [1.165, 1.54) is 24.8 Å². The van der Waals surface area contributed by atoms with E-state index in [2.05, 4.69) is 0 Å². The highest BCUT2D eigenvalue weighted by molar-refractivity contribution is 8.00. The third-order valence-electron chi connectivity index (χ3n) is 2.84. The molecule has 1 aromatic carbocycles. The minimum absolute atomic E-state index is 0.0578. The van der Waals surface area contributed by atoms with Gasteiger partial charge in [0.05, 0.1) is 18.3 Å². The number of carbonyl (C=O) groups is 2. The Bertz CT molecular complexity index is 531. The second kappa shape index (κ2) is 5.82. The number of carboxylic acids is 1. The van der Waals surface area contributed by atoms with Gasteiger partial charge in [-0.05, 0) is 0 Å². The average Bonchev–Trinajstić information content (AvgIpc) is 2.82. The van der Waals surface area contributed by atoms with E-state index in [4.69, 9.17) is 9.47 Å². The van der Waals surface area contributed by atoms with Crippen LogP contribution in [0.4, 0.5) is 0 Å². The third-order valence-corrected chi connectivity index (χ3v) is 4.19. The number of thioether (sulfide) groups is 1. The van der Waals surface area contributed by atoms with Gasteiger partial charge in [0, 0.05) is 18.1 Å². The molecule has 2 rings (SSSR count). The van der Waals surface area contributed by atoms with Crippen molar-refractivity contribution in [2.24, 2.45) is 0 Å². The van der Waals surface area contributed by atoms with Crippen molar-refractivity contribution >= 4 is 23.7 Å². The van der Waals surface area contributed by atoms with E-state index >= 15 is 0 Å². The number of aliphatic hydroxyl groups excluding tert-OH is 1. The van der Waals surface area contributed by atoms with Crippen LogP contribution in [0.25, 0.3) is 0 Å². The Morgan fingerprint density at radius 1 is 1.55 bits per heavy atom. The summed E-state index contributed by atoms with van der Waals surface area (Å²) in [6, 6.07) is 6.13. The predicted octanol–water partition coefficient (Wildman–Crippen LogP) is -0.152. The smallest absolute Gasteiger partial charge is 0.304 e. The number of carbonyl (C=O) groups excluding carboxylic acids is 2. The Balaban J connectivity index is 2.34. The SMILES string of the molecule is CC(=O)OC1CSC(CO)(c2ccccc2C(=O)[O-])O1. The molecule has 2 unspecified atom stereocenters. The second-order valence-corrected chi connectivity index (χ2v) is 5.49. The summed E-state index contributed by atoms with van der Waals surface area (Å²) in [5.41, 5.74) is 0.236. The minimum Gasteiger partial charge on any atom is -0.545 e. The van der Waals surface area contributed by atoms with Gasteiger partial charge >= 0.3 is 5.97 Å². The topological polar surface area (TPSA) is 95.9 Å². The molecule has 1 aromatic rings. The number of ether oxygens (including phenoxy) is 2. The third kappa shape index (κ3) is 2.79. The molecule has 1 aliphatic heterocycles. The molecule has 1 saturated heterocycles. The van der Waals surface area contributed by atoms with Crippen LogP contribution in [0.15, 0.2) is 24.3 Å². The fourth-order valence-electron chi connectivity index (χ4n) is 2.03. The number of rotatable bonds is 4. The van der Waals surface area contributed by atoms with Crippen molar-refractivity contribution in [3.63, 3.8) is 0 Å². The van der Waals surface area contributed by atoms with Gasteiger partial charge in [0.1, 0.15) is 0 Å². The lowest BCUT2D eigenvalue weighted by molar-refractivity contribution is -0.255. The fraction of sp³-hybridized carbons (Fsp3) is 0.385. The standard InChI is InChI=1S/C13H14O6S/c1-8(15)18-11-6-20-13(7-14,19-11)10-5-3-2-4-9(10)12(16)17/h2-5,11,14H,6-7H2,1H3,(H,16,17)/p-1. The molecule has 0 aromatic heterocycles. The summed E-state index contributed by atoms with van der Waals surface area (Å²) in [6.07, 6.45) is -0.820. The molecule has 0 radical (unpaired) electrons. The summed E-state index contributed by atoms with van der Waals surface area (Å²) >= 11 is 1.18. The predicted molar refractivity (Wildman–Crippen MR) is 68.6 cm³/mol. The Labute approximate surface area is 119 Å². The molecule has 0 aliphatic carbocycles. The largest absolute Gasteiger partial charge is 0.545 e. The van der Waals surface area contributed by atoms with E-state index in [1.54, 1.807) is 18.2 Å². The van der Waals surface area contributed by atoms with Crippen LogP contribution in [-0.4, -0.2) is 35.7 Å². The molecule has 108 valence electrons. The van der Waals surface area contributed by atoms with Crippen molar-refractivity contribution in [1.82, 2.24) is 0 Å². The first kappa shape index (κ1) is 14.8. The molecule has 7 heteroatoms. The molecule has 1 fully saturated rings. The number of esters is 1. The van der Waals surface area contributed by atoms with E-state index in [0.29, 0.717) is 11.3 Å². The summed E-state index contributed by atoms with van der Waals surface area (Å²) in [6.45, 7) is 0.807. The lowest BCUT2D eigenvalue weighted by Crippen LogP contribution is -2.34. The summed E-state index contributed by atoms with van der Waals surface area (Å²) in [4.78, 5) is 20.8. The molecule has 2 atom stereocenters. The summed E-state index contributed by atoms with van der Waals surface area (Å²) in [5, 5.41) is 20.8.